The monoisotopic (exact) mass is 508 g/mol. The Morgan fingerprint density at radius 2 is 1.82 bits per heavy atom. The number of aromatic nitrogens is 1. The van der Waals surface area contributed by atoms with Crippen LogP contribution in [0, 0.1) is 0 Å². The first-order valence-electron chi connectivity index (χ1n) is 10.5. The van der Waals surface area contributed by atoms with E-state index in [-0.39, 0.29) is 22.6 Å². The first-order chi connectivity index (χ1) is 15.8. The molecular weight excluding hydrogens is 483 g/mol. The van der Waals surface area contributed by atoms with Gasteiger partial charge in [0, 0.05) is 10.9 Å². The van der Waals surface area contributed by atoms with Crippen molar-refractivity contribution < 1.29 is 27.9 Å². The fourth-order valence-corrected chi connectivity index (χ4v) is 6.11. The normalized spacial score (nSPS) is 15.9. The van der Waals surface area contributed by atoms with Crippen molar-refractivity contribution in [3.05, 3.63) is 53.4 Å². The van der Waals surface area contributed by atoms with E-state index in [0.29, 0.717) is 10.9 Å². The van der Waals surface area contributed by atoms with Crippen molar-refractivity contribution in [2.24, 2.45) is 0 Å². The van der Waals surface area contributed by atoms with Gasteiger partial charge in [-0.1, -0.05) is 43.5 Å². The van der Waals surface area contributed by atoms with E-state index in [0.717, 1.165) is 15.9 Å². The summed E-state index contributed by atoms with van der Waals surface area (Å²) in [4.78, 5) is 23.4. The molecule has 1 saturated carbocycles. The average molecular weight is 509 g/mol. The fraction of sp³-hybridized carbons (Fsp3) is 0.318. The van der Waals surface area contributed by atoms with Gasteiger partial charge in [-0.2, -0.15) is 0 Å². The summed E-state index contributed by atoms with van der Waals surface area (Å²) in [5.74, 6) is 0.884. The SMILES string of the molecule is COc1cc(P(=O)(O)O)ccc1N(c1csc(-c2ccc(C3CCCCC3)cc2)n1)S(=O)O. The number of rotatable bonds is 7. The summed E-state index contributed by atoms with van der Waals surface area (Å²) in [6, 6.07) is 12.0. The van der Waals surface area contributed by atoms with Gasteiger partial charge in [-0.05, 0) is 42.5 Å². The summed E-state index contributed by atoms with van der Waals surface area (Å²) in [6.07, 6.45) is 6.30. The lowest BCUT2D eigenvalue weighted by atomic mass is 9.84. The molecule has 1 aliphatic carbocycles. The highest BCUT2D eigenvalue weighted by Gasteiger charge is 2.26. The minimum Gasteiger partial charge on any atom is -0.495 e. The minimum atomic E-state index is -4.51. The highest BCUT2D eigenvalue weighted by Crippen LogP contribution is 2.41. The van der Waals surface area contributed by atoms with Gasteiger partial charge in [-0.3, -0.25) is 9.12 Å². The third-order valence-corrected chi connectivity index (χ3v) is 8.33. The molecule has 0 amide bonds. The number of nitrogens with zero attached hydrogens (tertiary/aromatic N) is 2. The van der Waals surface area contributed by atoms with Gasteiger partial charge in [0.25, 0.3) is 11.3 Å². The van der Waals surface area contributed by atoms with Gasteiger partial charge < -0.3 is 14.5 Å². The Kier molecular flexibility index (Phi) is 7.33. The number of anilines is 2. The second-order valence-electron chi connectivity index (χ2n) is 7.89. The molecule has 0 aliphatic heterocycles. The number of methoxy groups -OCH3 is 1. The fourth-order valence-electron chi connectivity index (χ4n) is 4.13. The van der Waals surface area contributed by atoms with Crippen LogP contribution in [-0.2, 0) is 15.8 Å². The lowest BCUT2D eigenvalue weighted by Gasteiger charge is -2.22. The maximum Gasteiger partial charge on any atom is 0.356 e. The van der Waals surface area contributed by atoms with Crippen LogP contribution in [0.15, 0.2) is 47.8 Å². The first-order valence-corrected chi connectivity index (χ1v) is 14.0. The maximum atomic E-state index is 12.2. The highest BCUT2D eigenvalue weighted by molar-refractivity contribution is 7.81. The molecule has 0 spiro atoms. The van der Waals surface area contributed by atoms with Gasteiger partial charge in [-0.25, -0.2) is 13.5 Å². The van der Waals surface area contributed by atoms with Gasteiger partial charge in [-0.15, -0.1) is 11.3 Å². The second-order valence-corrected chi connectivity index (χ2v) is 11.2. The number of hydrogen-bond acceptors (Lipinski definition) is 5. The lowest BCUT2D eigenvalue weighted by Crippen LogP contribution is -2.21. The summed E-state index contributed by atoms with van der Waals surface area (Å²) in [5.41, 5.74) is 2.42. The average Bonchev–Trinajstić information content (AvgIpc) is 3.29. The molecule has 0 radical (unpaired) electrons. The molecule has 1 aliphatic rings. The molecule has 0 bridgehead atoms. The second kappa shape index (κ2) is 10.0. The summed E-state index contributed by atoms with van der Waals surface area (Å²) in [6.45, 7) is 0. The lowest BCUT2D eigenvalue weighted by molar-refractivity contribution is 0.386. The predicted octanol–water partition coefficient (Wildman–Crippen LogP) is 4.94. The van der Waals surface area contributed by atoms with Crippen LogP contribution in [-0.4, -0.2) is 30.6 Å². The molecular formula is C22H25N2O6PS2. The van der Waals surface area contributed by atoms with Crippen LogP contribution in [0.5, 0.6) is 5.75 Å². The largest absolute Gasteiger partial charge is 0.495 e. The van der Waals surface area contributed by atoms with Crippen LogP contribution in [0.3, 0.4) is 0 Å². The van der Waals surface area contributed by atoms with Crippen LogP contribution in [0.1, 0.15) is 43.6 Å². The van der Waals surface area contributed by atoms with Crippen LogP contribution in [0.4, 0.5) is 11.5 Å². The molecule has 4 rings (SSSR count). The molecule has 1 aromatic heterocycles. The van der Waals surface area contributed by atoms with Gasteiger partial charge in [0.2, 0.25) is 0 Å². The van der Waals surface area contributed by atoms with Gasteiger partial charge >= 0.3 is 7.60 Å². The van der Waals surface area contributed by atoms with Crippen molar-refractivity contribution >= 4 is 47.0 Å². The molecule has 11 heteroatoms. The zero-order valence-electron chi connectivity index (χ0n) is 18.0. The Morgan fingerprint density at radius 3 is 2.42 bits per heavy atom. The molecule has 1 atom stereocenters. The van der Waals surface area contributed by atoms with Gasteiger partial charge in [0.1, 0.15) is 16.4 Å². The smallest absolute Gasteiger partial charge is 0.356 e. The topological polar surface area (TPSA) is 120 Å². The van der Waals surface area contributed by atoms with Gasteiger partial charge in [0.05, 0.1) is 12.4 Å². The molecule has 2 aromatic carbocycles. The van der Waals surface area contributed by atoms with E-state index >= 15 is 0 Å². The summed E-state index contributed by atoms with van der Waals surface area (Å²) in [7, 11) is -3.18. The molecule has 0 saturated heterocycles. The molecule has 1 fully saturated rings. The first kappa shape index (κ1) is 24.1. The van der Waals surface area contributed by atoms with Crippen LogP contribution in [0.25, 0.3) is 10.6 Å². The van der Waals surface area contributed by atoms with Crippen molar-refractivity contribution in [2.75, 3.05) is 11.4 Å². The molecule has 176 valence electrons. The number of benzene rings is 2. The molecule has 3 aromatic rings. The summed E-state index contributed by atoms with van der Waals surface area (Å²) in [5, 5.41) is 2.11. The standard InChI is InChI=1S/C22H25N2O6PS2/c1-30-20-13-18(31(25,26)27)11-12-19(20)24(33(28)29)21-14-32-22(23-21)17-9-7-16(8-10-17)15-5-3-2-4-6-15/h7-15H,2-6H2,1H3,(H,28,29)(H2,25,26,27). The van der Waals surface area contributed by atoms with Crippen LogP contribution >= 0.6 is 18.9 Å². The third-order valence-electron chi connectivity index (χ3n) is 5.81. The zero-order chi connectivity index (χ0) is 23.6. The summed E-state index contributed by atoms with van der Waals surface area (Å²) >= 11 is -1.15. The predicted molar refractivity (Wildman–Crippen MR) is 131 cm³/mol. The van der Waals surface area contributed by atoms with E-state index in [1.165, 1.54) is 68.2 Å². The van der Waals surface area contributed by atoms with Crippen molar-refractivity contribution in [3.8, 4) is 16.3 Å². The van der Waals surface area contributed by atoms with Crippen molar-refractivity contribution in [1.29, 1.82) is 0 Å². The van der Waals surface area contributed by atoms with Crippen LogP contribution in [0.2, 0.25) is 0 Å². The van der Waals surface area contributed by atoms with E-state index < -0.39 is 18.9 Å². The zero-order valence-corrected chi connectivity index (χ0v) is 20.5. The Bertz CT molecular complexity index is 1190. The minimum absolute atomic E-state index is 0.0459. The van der Waals surface area contributed by atoms with E-state index in [1.807, 2.05) is 12.1 Å². The Balaban J connectivity index is 1.63. The molecule has 1 unspecified atom stereocenters. The number of hydrogen-bond donors (Lipinski definition) is 3. The Labute approximate surface area is 198 Å². The van der Waals surface area contributed by atoms with Crippen molar-refractivity contribution in [1.82, 2.24) is 4.98 Å². The van der Waals surface area contributed by atoms with E-state index in [9.17, 15) is 23.1 Å². The van der Waals surface area contributed by atoms with Gasteiger partial charge in [0.15, 0.2) is 5.82 Å². The van der Waals surface area contributed by atoms with Crippen molar-refractivity contribution in [2.45, 2.75) is 38.0 Å². The third kappa shape index (κ3) is 5.37. The summed E-state index contributed by atoms with van der Waals surface area (Å²) < 4.78 is 40.1. The molecule has 8 nitrogen and oxygen atoms in total. The molecule has 1 heterocycles. The molecule has 3 N–H and O–H groups in total. The van der Waals surface area contributed by atoms with Crippen molar-refractivity contribution in [3.63, 3.8) is 0 Å². The van der Waals surface area contributed by atoms with E-state index in [1.54, 1.807) is 5.38 Å². The van der Waals surface area contributed by atoms with E-state index in [4.69, 9.17) is 4.74 Å². The maximum absolute atomic E-state index is 12.2. The number of ether oxygens (including phenoxy) is 1. The number of thiazole rings is 1. The Morgan fingerprint density at radius 1 is 1.12 bits per heavy atom. The molecule has 33 heavy (non-hydrogen) atoms. The Hall–Kier alpha value is -2.07. The highest BCUT2D eigenvalue weighted by atomic mass is 32.2. The van der Waals surface area contributed by atoms with E-state index in [2.05, 4.69) is 17.1 Å². The quantitative estimate of drug-likeness (QED) is 0.305. The van der Waals surface area contributed by atoms with Crippen LogP contribution < -0.4 is 14.3 Å².